The average molecular weight is 649 g/mol. The second-order valence-electron chi connectivity index (χ2n) is 12.3. The van der Waals surface area contributed by atoms with Crippen molar-refractivity contribution in [3.8, 4) is 11.5 Å². The van der Waals surface area contributed by atoms with Crippen molar-refractivity contribution in [3.05, 3.63) is 45.6 Å². The van der Waals surface area contributed by atoms with E-state index in [2.05, 4.69) is 36.4 Å². The first-order valence-corrected chi connectivity index (χ1v) is 15.6. The Morgan fingerprint density at radius 3 is 2.45 bits per heavy atom. The van der Waals surface area contributed by atoms with Crippen LogP contribution in [0.15, 0.2) is 27.5 Å². The molecule has 1 aliphatic heterocycles. The van der Waals surface area contributed by atoms with E-state index in [-0.39, 0.29) is 33.9 Å². The lowest BCUT2D eigenvalue weighted by molar-refractivity contribution is -0.923. The van der Waals surface area contributed by atoms with Gasteiger partial charge in [0.2, 0.25) is 5.75 Å². The summed E-state index contributed by atoms with van der Waals surface area (Å²) in [7, 11) is 0. The summed E-state index contributed by atoms with van der Waals surface area (Å²) in [5.74, 6) is 0.294. The molecule has 0 bridgehead atoms. The Hall–Kier alpha value is -2.43. The largest absolute Gasteiger partial charge is 1.00 e. The molecule has 10 heteroatoms. The van der Waals surface area contributed by atoms with Crippen LogP contribution < -0.4 is 32.7 Å². The molecule has 4 rings (SSSR count). The van der Waals surface area contributed by atoms with Crippen molar-refractivity contribution in [2.75, 3.05) is 32.7 Å². The number of nitrogens with zero attached hydrogens (tertiary/aromatic N) is 4. The summed E-state index contributed by atoms with van der Waals surface area (Å²) in [5, 5.41) is 23.7. The molecule has 0 spiro atoms. The Kier molecular flexibility index (Phi) is 12.4. The Bertz CT molecular complexity index is 1340. The number of rotatable bonds is 16. The molecule has 234 valence electrons. The zero-order valence-corrected chi connectivity index (χ0v) is 27.8. The number of benzene rings is 1. The number of quaternary nitrogens is 1. The molecule has 0 fully saturated rings. The number of unbranched alkanes of at least 4 members (excludes halogenated alkanes) is 5. The fourth-order valence-electron chi connectivity index (χ4n) is 6.01. The van der Waals surface area contributed by atoms with Gasteiger partial charge < -0.3 is 41.0 Å². The molecular weight excluding hydrogens is 598 g/mol. The SMILES string of the molecule is CC[N+](CC)(CC)CCCCCCCCNCc1cn(Cc2cc(=O)oc3c(O)c4c(cc23)CCC(C)(C)O4)nn1.[Br-]. The zero-order valence-electron chi connectivity index (χ0n) is 26.2. The van der Waals surface area contributed by atoms with E-state index in [0.717, 1.165) is 42.6 Å². The van der Waals surface area contributed by atoms with Gasteiger partial charge in [-0.1, -0.05) is 24.5 Å². The topological polar surface area (TPSA) is 102 Å². The molecule has 0 radical (unpaired) electrons. The van der Waals surface area contributed by atoms with Gasteiger partial charge in [0.25, 0.3) is 0 Å². The van der Waals surface area contributed by atoms with Crippen molar-refractivity contribution in [2.24, 2.45) is 0 Å². The predicted molar refractivity (Wildman–Crippen MR) is 162 cm³/mol. The van der Waals surface area contributed by atoms with Crippen molar-refractivity contribution in [2.45, 2.75) is 105 Å². The molecule has 42 heavy (non-hydrogen) atoms. The van der Waals surface area contributed by atoms with Crippen LogP contribution >= 0.6 is 0 Å². The number of phenolic OH excluding ortho intramolecular Hbond substituents is 1. The lowest BCUT2D eigenvalue weighted by atomic mass is 9.92. The third kappa shape index (κ3) is 8.57. The highest BCUT2D eigenvalue weighted by molar-refractivity contribution is 5.89. The number of phenols is 1. The number of fused-ring (bicyclic) bond motifs is 2. The number of nitrogens with one attached hydrogen (secondary N) is 1. The Morgan fingerprint density at radius 1 is 1.05 bits per heavy atom. The summed E-state index contributed by atoms with van der Waals surface area (Å²) in [6.45, 7) is 18.0. The molecular formula is C32H50BrN5O4. The van der Waals surface area contributed by atoms with Crippen LogP contribution in [-0.2, 0) is 19.5 Å². The normalized spacial score (nSPS) is 14.4. The van der Waals surface area contributed by atoms with Gasteiger partial charge in [0, 0.05) is 18.0 Å². The molecule has 2 N–H and O–H groups in total. The number of halogens is 1. The van der Waals surface area contributed by atoms with E-state index in [1.54, 1.807) is 4.68 Å². The van der Waals surface area contributed by atoms with Gasteiger partial charge >= 0.3 is 5.63 Å². The average Bonchev–Trinajstić information content (AvgIpc) is 3.40. The summed E-state index contributed by atoms with van der Waals surface area (Å²) in [4.78, 5) is 12.4. The van der Waals surface area contributed by atoms with Crippen LogP contribution in [0.4, 0.5) is 0 Å². The first-order valence-electron chi connectivity index (χ1n) is 15.6. The van der Waals surface area contributed by atoms with Crippen molar-refractivity contribution in [3.63, 3.8) is 0 Å². The van der Waals surface area contributed by atoms with Crippen molar-refractivity contribution >= 4 is 11.0 Å². The van der Waals surface area contributed by atoms with Crippen LogP contribution in [-0.4, -0.2) is 62.9 Å². The van der Waals surface area contributed by atoms with Gasteiger partial charge in [0.15, 0.2) is 11.3 Å². The second-order valence-corrected chi connectivity index (χ2v) is 12.3. The van der Waals surface area contributed by atoms with E-state index >= 15 is 0 Å². The summed E-state index contributed by atoms with van der Waals surface area (Å²) < 4.78 is 14.4. The van der Waals surface area contributed by atoms with Crippen molar-refractivity contribution in [1.82, 2.24) is 20.3 Å². The number of ether oxygens (including phenoxy) is 1. The quantitative estimate of drug-likeness (QED) is 0.140. The molecule has 1 aromatic carbocycles. The highest BCUT2D eigenvalue weighted by Crippen LogP contribution is 2.44. The minimum atomic E-state index is -0.519. The van der Waals surface area contributed by atoms with E-state index in [1.807, 2.05) is 26.1 Å². The minimum Gasteiger partial charge on any atom is -1.00 e. The standard InChI is InChI=1S/C32H49N5O4.BrH/c1-6-37(7-2,8-3)18-14-12-10-9-11-13-17-33-21-26-23-36(35-34-26)22-25-20-28(38)40-31-27(25)19-24-15-16-32(4,5)41-30(24)29(31)39;/h19-20,23,33H,6-18,21-22H2,1-5H3;1H. The molecule has 0 saturated carbocycles. The lowest BCUT2D eigenvalue weighted by Crippen LogP contribution is -3.00. The fourth-order valence-corrected chi connectivity index (χ4v) is 6.01. The van der Waals surface area contributed by atoms with Gasteiger partial charge in [0.1, 0.15) is 5.60 Å². The van der Waals surface area contributed by atoms with Gasteiger partial charge in [-0.3, -0.25) is 0 Å². The van der Waals surface area contributed by atoms with Gasteiger partial charge in [-0.25, -0.2) is 9.48 Å². The predicted octanol–water partition coefficient (Wildman–Crippen LogP) is 2.55. The minimum absolute atomic E-state index is 0. The maximum absolute atomic E-state index is 12.4. The first-order chi connectivity index (χ1) is 19.7. The highest BCUT2D eigenvalue weighted by atomic mass is 79.9. The summed E-state index contributed by atoms with van der Waals surface area (Å²) in [6, 6.07) is 3.43. The molecule has 3 aromatic rings. The maximum atomic E-state index is 12.4. The van der Waals surface area contributed by atoms with Crippen LogP contribution in [0.1, 0.15) is 96.4 Å². The molecule has 0 atom stereocenters. The smallest absolute Gasteiger partial charge is 0.336 e. The van der Waals surface area contributed by atoms with E-state index in [0.29, 0.717) is 24.2 Å². The summed E-state index contributed by atoms with van der Waals surface area (Å²) >= 11 is 0. The Labute approximate surface area is 261 Å². The fraction of sp³-hybridized carbons (Fsp3) is 0.656. The van der Waals surface area contributed by atoms with Crippen LogP contribution in [0.5, 0.6) is 11.5 Å². The number of aromatic hydroxyl groups is 1. The Balaban J connectivity index is 0.00000484. The molecule has 9 nitrogen and oxygen atoms in total. The Morgan fingerprint density at radius 2 is 1.74 bits per heavy atom. The number of aromatic nitrogens is 3. The van der Waals surface area contributed by atoms with Crippen molar-refractivity contribution < 1.29 is 35.7 Å². The first kappa shape index (κ1) is 34.1. The maximum Gasteiger partial charge on any atom is 0.336 e. The van der Waals surface area contributed by atoms with Gasteiger partial charge in [-0.2, -0.15) is 0 Å². The molecule has 0 aliphatic carbocycles. The molecule has 1 aliphatic rings. The molecule has 0 amide bonds. The highest BCUT2D eigenvalue weighted by Gasteiger charge is 2.31. The molecule has 2 aromatic heterocycles. The van der Waals surface area contributed by atoms with Crippen LogP contribution in [0.3, 0.4) is 0 Å². The van der Waals surface area contributed by atoms with Crippen LogP contribution in [0.25, 0.3) is 11.0 Å². The van der Waals surface area contributed by atoms with Crippen LogP contribution in [0, 0.1) is 0 Å². The number of hydrogen-bond donors (Lipinski definition) is 2. The third-order valence-electron chi connectivity index (χ3n) is 8.97. The molecule has 3 heterocycles. The van der Waals surface area contributed by atoms with E-state index in [9.17, 15) is 9.90 Å². The molecule has 0 unspecified atom stereocenters. The summed E-state index contributed by atoms with van der Waals surface area (Å²) in [5.41, 5.74) is 1.76. The third-order valence-corrected chi connectivity index (χ3v) is 8.97. The van der Waals surface area contributed by atoms with E-state index in [1.165, 1.54) is 68.8 Å². The van der Waals surface area contributed by atoms with Gasteiger partial charge in [0.05, 0.1) is 44.6 Å². The van der Waals surface area contributed by atoms with Crippen LogP contribution in [0.2, 0.25) is 0 Å². The summed E-state index contributed by atoms with van der Waals surface area (Å²) in [6.07, 6.45) is 11.2. The van der Waals surface area contributed by atoms with E-state index < -0.39 is 5.63 Å². The van der Waals surface area contributed by atoms with Gasteiger partial charge in [-0.15, -0.1) is 5.10 Å². The number of aryl methyl sites for hydroxylation is 1. The zero-order chi connectivity index (χ0) is 29.5. The number of hydrogen-bond acceptors (Lipinski definition) is 7. The monoisotopic (exact) mass is 647 g/mol. The van der Waals surface area contributed by atoms with E-state index in [4.69, 9.17) is 9.15 Å². The van der Waals surface area contributed by atoms with Gasteiger partial charge in [-0.05, 0) is 90.5 Å². The van der Waals surface area contributed by atoms with Crippen molar-refractivity contribution in [1.29, 1.82) is 0 Å². The molecule has 0 saturated heterocycles. The lowest BCUT2D eigenvalue weighted by Gasteiger charge is -2.35. The second kappa shape index (κ2) is 15.3.